The Morgan fingerprint density at radius 2 is 1.78 bits per heavy atom. The summed E-state index contributed by atoms with van der Waals surface area (Å²) in [6.45, 7) is 4.86. The Morgan fingerprint density at radius 3 is 2.54 bits per heavy atom. The highest BCUT2D eigenvalue weighted by molar-refractivity contribution is 6.26. The van der Waals surface area contributed by atoms with Crippen LogP contribution in [-0.2, 0) is 9.59 Å². The van der Waals surface area contributed by atoms with E-state index in [0.29, 0.717) is 24.4 Å². The number of nitrogens with one attached hydrogen (secondary N) is 1. The molecule has 10 nitrogen and oxygen atoms in total. The number of nitrogens with zero attached hydrogens (tertiary/aromatic N) is 5. The maximum Gasteiger partial charge on any atom is 0.321 e. The normalized spacial score (nSPS) is 17.0. The Labute approximate surface area is 212 Å². The Balaban J connectivity index is 1.60. The lowest BCUT2D eigenvalue weighted by atomic mass is 10.1. The summed E-state index contributed by atoms with van der Waals surface area (Å²) in [5.41, 5.74) is -0.0333. The largest absolute Gasteiger partial charge is 0.369 e. The fourth-order valence-corrected chi connectivity index (χ4v) is 4.68. The molecule has 0 aliphatic carbocycles. The Bertz CT molecular complexity index is 1430. The Morgan fingerprint density at radius 1 is 1.05 bits per heavy atom. The lowest BCUT2D eigenvalue weighted by Crippen LogP contribution is -2.46. The van der Waals surface area contributed by atoms with Gasteiger partial charge < -0.3 is 20.0 Å². The molecule has 37 heavy (non-hydrogen) atoms. The molecular formula is C26H27FN6O4. The Hall–Kier alpha value is -4.09. The Kier molecular flexibility index (Phi) is 6.97. The molecule has 2 aliphatic heterocycles. The zero-order chi connectivity index (χ0) is 25.9. The summed E-state index contributed by atoms with van der Waals surface area (Å²) < 4.78 is 15.6. The van der Waals surface area contributed by atoms with Crippen LogP contribution in [0.4, 0.5) is 10.1 Å². The maximum absolute atomic E-state index is 14.8. The van der Waals surface area contributed by atoms with E-state index in [1.807, 2.05) is 0 Å². The summed E-state index contributed by atoms with van der Waals surface area (Å²) in [6.07, 6.45) is 0. The van der Waals surface area contributed by atoms with Gasteiger partial charge in [0.15, 0.2) is 11.6 Å². The van der Waals surface area contributed by atoms with Gasteiger partial charge in [-0.15, -0.1) is 4.73 Å². The van der Waals surface area contributed by atoms with E-state index >= 15 is 0 Å². The maximum atomic E-state index is 14.8. The number of fused-ring (bicyclic) bond motifs is 1. The van der Waals surface area contributed by atoms with Gasteiger partial charge in [-0.2, -0.15) is 0 Å². The number of para-hydroxylation sites is 2. The van der Waals surface area contributed by atoms with Crippen molar-refractivity contribution in [2.24, 2.45) is 0 Å². The fourth-order valence-electron chi connectivity index (χ4n) is 4.68. The van der Waals surface area contributed by atoms with E-state index in [1.165, 1.54) is 11.0 Å². The molecular weight excluding hydrogens is 479 g/mol. The minimum absolute atomic E-state index is 0.0475. The molecule has 3 heterocycles. The number of carbonyl (C=O) groups is 2. The van der Waals surface area contributed by atoms with E-state index in [4.69, 9.17) is 4.84 Å². The molecule has 2 aromatic carbocycles. The van der Waals surface area contributed by atoms with E-state index in [-0.39, 0.29) is 35.5 Å². The number of likely N-dealkylation sites (N-methyl/N-ethyl adjacent to an activating group) is 1. The first-order valence-electron chi connectivity index (χ1n) is 12.0. The topological polar surface area (TPSA) is 100 Å². The number of Topliss-reactive ketones (excluding diaryl/α,β-unsaturated/α-hetero) is 1. The molecule has 2 aliphatic rings. The average Bonchev–Trinajstić information content (AvgIpc) is 3.22. The molecule has 0 unspecified atom stereocenters. The highest BCUT2D eigenvalue weighted by Crippen LogP contribution is 2.32. The predicted molar refractivity (Wildman–Crippen MR) is 136 cm³/mol. The molecule has 0 saturated carbocycles. The van der Waals surface area contributed by atoms with Gasteiger partial charge in [-0.25, -0.2) is 9.37 Å². The van der Waals surface area contributed by atoms with Crippen LogP contribution in [0.5, 0.6) is 0 Å². The smallest absolute Gasteiger partial charge is 0.321 e. The second kappa shape index (κ2) is 10.5. The van der Waals surface area contributed by atoms with Crippen LogP contribution in [0.25, 0.3) is 16.5 Å². The molecule has 3 aromatic rings. The summed E-state index contributed by atoms with van der Waals surface area (Å²) in [5.74, 6) is -0.713. The minimum atomic E-state index is -0.630. The number of benzene rings is 2. The number of aromatic nitrogens is 2. The number of ketones is 1. The van der Waals surface area contributed by atoms with Crippen molar-refractivity contribution in [3.05, 3.63) is 76.3 Å². The summed E-state index contributed by atoms with van der Waals surface area (Å²) in [6, 6.07) is 12.7. The lowest BCUT2D eigenvalue weighted by molar-refractivity contribution is -0.130. The number of piperazine rings is 1. The van der Waals surface area contributed by atoms with Gasteiger partial charge in [0.2, 0.25) is 0 Å². The summed E-state index contributed by atoms with van der Waals surface area (Å²) in [7, 11) is 2.08. The number of carbonyl (C=O) groups excluding carboxylic acids is 2. The van der Waals surface area contributed by atoms with Crippen molar-refractivity contribution in [2.75, 3.05) is 57.8 Å². The van der Waals surface area contributed by atoms with Crippen LogP contribution < -0.4 is 20.6 Å². The predicted octanol–water partition coefficient (Wildman–Crippen LogP) is 0.716. The second-order valence-electron chi connectivity index (χ2n) is 9.01. The lowest BCUT2D eigenvalue weighted by Gasteiger charge is -2.32. The quantitative estimate of drug-likeness (QED) is 0.443. The van der Waals surface area contributed by atoms with Gasteiger partial charge in [-0.1, -0.05) is 24.3 Å². The third-order valence-corrected chi connectivity index (χ3v) is 6.66. The van der Waals surface area contributed by atoms with Gasteiger partial charge in [0.05, 0.1) is 23.1 Å². The first-order valence-corrected chi connectivity index (χ1v) is 12.0. The fraction of sp³-hybridized carbons (Fsp3) is 0.308. The van der Waals surface area contributed by atoms with Gasteiger partial charge in [-0.3, -0.25) is 19.3 Å². The number of hydrogen-bond donors (Lipinski definition) is 1. The van der Waals surface area contributed by atoms with Gasteiger partial charge in [0.1, 0.15) is 17.2 Å². The standard InChI is InChI=1S/C26H27FN6O4/c1-30-12-14-31(15-13-30)11-10-28-24-23(22(35)16-32(24)21-9-5-3-7-19(21)27)25-29-20-8-4-2-6-18(20)26(36)33(25)37-17-34/h2-9,17,28H,10-16H2,1H3. The molecule has 11 heteroatoms. The summed E-state index contributed by atoms with van der Waals surface area (Å²) >= 11 is 0. The second-order valence-corrected chi connectivity index (χ2v) is 9.01. The van der Waals surface area contributed by atoms with Crippen molar-refractivity contribution in [2.45, 2.75) is 0 Å². The van der Waals surface area contributed by atoms with Crippen molar-refractivity contribution in [3.8, 4) is 0 Å². The summed E-state index contributed by atoms with van der Waals surface area (Å²) in [5, 5.41) is 3.53. The molecule has 0 bridgehead atoms. The van der Waals surface area contributed by atoms with Crippen LogP contribution in [0.15, 0.2) is 59.1 Å². The molecule has 1 aromatic heterocycles. The van der Waals surface area contributed by atoms with E-state index in [1.54, 1.807) is 42.5 Å². The molecule has 1 N–H and O–H groups in total. The van der Waals surface area contributed by atoms with Crippen LogP contribution in [0.3, 0.4) is 0 Å². The molecule has 1 fully saturated rings. The molecule has 0 amide bonds. The van der Waals surface area contributed by atoms with Gasteiger partial charge in [0, 0.05) is 39.3 Å². The SMILES string of the molecule is CN1CCN(CCNC2=C(c3nc4ccccc4c(=O)n3OC=O)C(=O)CN2c2ccccc2F)CC1. The summed E-state index contributed by atoms with van der Waals surface area (Å²) in [4.78, 5) is 53.5. The van der Waals surface area contributed by atoms with E-state index < -0.39 is 17.2 Å². The van der Waals surface area contributed by atoms with E-state index in [2.05, 4.69) is 27.1 Å². The number of halogens is 1. The highest BCUT2D eigenvalue weighted by atomic mass is 19.1. The third kappa shape index (κ3) is 4.83. The van der Waals surface area contributed by atoms with Crippen molar-refractivity contribution in [1.29, 1.82) is 0 Å². The number of hydrogen-bond acceptors (Lipinski definition) is 9. The molecule has 0 radical (unpaired) electrons. The highest BCUT2D eigenvalue weighted by Gasteiger charge is 2.36. The van der Waals surface area contributed by atoms with Crippen molar-refractivity contribution in [3.63, 3.8) is 0 Å². The van der Waals surface area contributed by atoms with Crippen LogP contribution in [0.2, 0.25) is 0 Å². The minimum Gasteiger partial charge on any atom is -0.369 e. The van der Waals surface area contributed by atoms with Crippen LogP contribution >= 0.6 is 0 Å². The van der Waals surface area contributed by atoms with E-state index in [0.717, 1.165) is 30.9 Å². The molecule has 0 spiro atoms. The van der Waals surface area contributed by atoms with Crippen molar-refractivity contribution >= 4 is 34.4 Å². The van der Waals surface area contributed by atoms with Gasteiger partial charge >= 0.3 is 6.47 Å². The monoisotopic (exact) mass is 506 g/mol. The molecule has 5 rings (SSSR count). The third-order valence-electron chi connectivity index (χ3n) is 6.66. The van der Waals surface area contributed by atoms with Crippen LogP contribution in [0.1, 0.15) is 5.82 Å². The van der Waals surface area contributed by atoms with Gasteiger partial charge in [-0.05, 0) is 31.3 Å². The molecule has 1 saturated heterocycles. The van der Waals surface area contributed by atoms with Crippen molar-refractivity contribution in [1.82, 2.24) is 24.8 Å². The number of anilines is 1. The zero-order valence-electron chi connectivity index (χ0n) is 20.4. The first kappa shape index (κ1) is 24.6. The van der Waals surface area contributed by atoms with Gasteiger partial charge in [0.25, 0.3) is 5.56 Å². The zero-order valence-corrected chi connectivity index (χ0v) is 20.4. The van der Waals surface area contributed by atoms with E-state index in [9.17, 15) is 18.8 Å². The first-order chi connectivity index (χ1) is 18.0. The average molecular weight is 507 g/mol. The van der Waals surface area contributed by atoms with Crippen LogP contribution in [-0.4, -0.2) is 84.6 Å². The van der Waals surface area contributed by atoms with Crippen LogP contribution in [0, 0.1) is 5.82 Å². The molecule has 0 atom stereocenters. The van der Waals surface area contributed by atoms with Crippen molar-refractivity contribution < 1.29 is 18.8 Å². The number of rotatable bonds is 8. The molecule has 192 valence electrons.